The van der Waals surface area contributed by atoms with Crippen molar-refractivity contribution in [2.24, 2.45) is 10.7 Å². The van der Waals surface area contributed by atoms with E-state index in [1.807, 2.05) is 55.5 Å². The molecule has 0 radical (unpaired) electrons. The van der Waals surface area contributed by atoms with Crippen molar-refractivity contribution < 1.29 is 4.79 Å². The number of rotatable bonds is 4. The van der Waals surface area contributed by atoms with Gasteiger partial charge in [-0.15, -0.1) is 24.0 Å². The summed E-state index contributed by atoms with van der Waals surface area (Å²) < 4.78 is 0. The van der Waals surface area contributed by atoms with E-state index >= 15 is 0 Å². The molecule has 0 saturated heterocycles. The fraction of sp³-hybridized carbons (Fsp3) is 0.176. The number of nitrogens with zero attached hydrogens (tertiary/aromatic N) is 1. The zero-order valence-electron chi connectivity index (χ0n) is 13.2. The van der Waals surface area contributed by atoms with Crippen LogP contribution in [0.2, 0.25) is 0 Å². The molecule has 0 fully saturated rings. The first-order valence-electron chi connectivity index (χ1n) is 7.03. The Bertz CT molecular complexity index is 683. The van der Waals surface area contributed by atoms with Gasteiger partial charge < -0.3 is 16.4 Å². The Morgan fingerprint density at radius 1 is 1.09 bits per heavy atom. The molecule has 2 aromatic rings. The summed E-state index contributed by atoms with van der Waals surface area (Å²) in [6, 6.07) is 15.4. The molecule has 4 N–H and O–H groups in total. The van der Waals surface area contributed by atoms with E-state index in [4.69, 9.17) is 5.73 Å². The maximum atomic E-state index is 11.0. The first kappa shape index (κ1) is 19.0. The van der Waals surface area contributed by atoms with Crippen molar-refractivity contribution in [3.63, 3.8) is 0 Å². The van der Waals surface area contributed by atoms with Crippen LogP contribution in [0.3, 0.4) is 0 Å². The van der Waals surface area contributed by atoms with Crippen LogP contribution in [0.4, 0.5) is 11.4 Å². The van der Waals surface area contributed by atoms with Crippen LogP contribution in [0.5, 0.6) is 0 Å². The summed E-state index contributed by atoms with van der Waals surface area (Å²) in [4.78, 5) is 15.4. The lowest BCUT2D eigenvalue weighted by molar-refractivity contribution is -0.114. The number of hydrogen-bond donors (Lipinski definition) is 3. The molecule has 0 aliphatic rings. The normalized spacial score (nSPS) is 10.6. The minimum atomic E-state index is -0.0961. The predicted octanol–water partition coefficient (Wildman–Crippen LogP) is 3.50. The third-order valence-corrected chi connectivity index (χ3v) is 3.00. The average molecular weight is 424 g/mol. The van der Waals surface area contributed by atoms with Gasteiger partial charge in [0.1, 0.15) is 0 Å². The van der Waals surface area contributed by atoms with Gasteiger partial charge in [-0.05, 0) is 36.8 Å². The van der Waals surface area contributed by atoms with Gasteiger partial charge in [0, 0.05) is 18.3 Å². The van der Waals surface area contributed by atoms with E-state index in [0.29, 0.717) is 12.5 Å². The largest absolute Gasteiger partial charge is 0.370 e. The van der Waals surface area contributed by atoms with E-state index in [0.717, 1.165) is 16.9 Å². The van der Waals surface area contributed by atoms with Crippen molar-refractivity contribution in [3.8, 4) is 0 Å². The second-order valence-corrected chi connectivity index (χ2v) is 5.07. The number of halogens is 1. The van der Waals surface area contributed by atoms with Crippen LogP contribution < -0.4 is 16.4 Å². The molecule has 0 saturated carbocycles. The van der Waals surface area contributed by atoms with Crippen LogP contribution in [0.15, 0.2) is 53.5 Å². The van der Waals surface area contributed by atoms with Gasteiger partial charge in [-0.25, -0.2) is 4.99 Å². The maximum Gasteiger partial charge on any atom is 0.221 e. The van der Waals surface area contributed by atoms with E-state index in [1.165, 1.54) is 12.5 Å². The van der Waals surface area contributed by atoms with Crippen molar-refractivity contribution in [1.82, 2.24) is 0 Å². The lowest BCUT2D eigenvalue weighted by Crippen LogP contribution is -2.22. The molecule has 23 heavy (non-hydrogen) atoms. The number of aryl methyl sites for hydroxylation is 1. The number of guanidine groups is 1. The van der Waals surface area contributed by atoms with E-state index in [9.17, 15) is 4.79 Å². The molecule has 122 valence electrons. The summed E-state index contributed by atoms with van der Waals surface area (Å²) in [5.74, 6) is 0.259. The summed E-state index contributed by atoms with van der Waals surface area (Å²) in [5, 5.41) is 5.79. The van der Waals surface area contributed by atoms with Gasteiger partial charge in [-0.1, -0.05) is 29.8 Å². The Hall–Kier alpha value is -2.09. The second kappa shape index (κ2) is 9.14. The van der Waals surface area contributed by atoms with Gasteiger partial charge in [0.05, 0.1) is 6.54 Å². The molecule has 0 aliphatic heterocycles. The summed E-state index contributed by atoms with van der Waals surface area (Å²) in [7, 11) is 0. The Kier molecular flexibility index (Phi) is 7.53. The van der Waals surface area contributed by atoms with E-state index in [1.54, 1.807) is 0 Å². The summed E-state index contributed by atoms with van der Waals surface area (Å²) in [5.41, 5.74) is 9.70. The minimum Gasteiger partial charge on any atom is -0.370 e. The molecule has 2 rings (SSSR count). The van der Waals surface area contributed by atoms with Crippen molar-refractivity contribution in [1.29, 1.82) is 0 Å². The summed E-state index contributed by atoms with van der Waals surface area (Å²) >= 11 is 0. The van der Waals surface area contributed by atoms with Crippen LogP contribution in [-0.2, 0) is 11.3 Å². The Morgan fingerprint density at radius 2 is 1.78 bits per heavy atom. The van der Waals surface area contributed by atoms with Crippen LogP contribution >= 0.6 is 24.0 Å². The highest BCUT2D eigenvalue weighted by Crippen LogP contribution is 2.12. The second-order valence-electron chi connectivity index (χ2n) is 5.07. The summed E-state index contributed by atoms with van der Waals surface area (Å²) in [6.07, 6.45) is 0. The van der Waals surface area contributed by atoms with Crippen molar-refractivity contribution in [3.05, 3.63) is 59.7 Å². The smallest absolute Gasteiger partial charge is 0.221 e. The molecule has 0 aliphatic carbocycles. The molecule has 1 amide bonds. The molecule has 2 aromatic carbocycles. The van der Waals surface area contributed by atoms with Crippen molar-refractivity contribution >= 4 is 47.2 Å². The minimum absolute atomic E-state index is 0. The van der Waals surface area contributed by atoms with E-state index < -0.39 is 0 Å². The van der Waals surface area contributed by atoms with Crippen molar-refractivity contribution in [2.75, 3.05) is 10.6 Å². The molecule has 0 heterocycles. The number of nitrogens with one attached hydrogen (secondary N) is 2. The van der Waals surface area contributed by atoms with E-state index in [-0.39, 0.29) is 29.9 Å². The van der Waals surface area contributed by atoms with Crippen molar-refractivity contribution in [2.45, 2.75) is 20.4 Å². The Labute approximate surface area is 153 Å². The number of nitrogens with two attached hydrogens (primary N) is 1. The number of carbonyl (C=O) groups is 1. The Morgan fingerprint density at radius 3 is 2.43 bits per heavy atom. The monoisotopic (exact) mass is 424 g/mol. The van der Waals surface area contributed by atoms with Gasteiger partial charge in [-0.2, -0.15) is 0 Å². The number of carbonyl (C=O) groups excluding carboxylic acids is 1. The predicted molar refractivity (Wildman–Crippen MR) is 106 cm³/mol. The van der Waals surface area contributed by atoms with Crippen LogP contribution in [-0.4, -0.2) is 11.9 Å². The molecule has 0 aromatic heterocycles. The molecule has 5 nitrogen and oxygen atoms in total. The number of amides is 1. The maximum absolute atomic E-state index is 11.0. The number of hydrogen-bond acceptors (Lipinski definition) is 2. The molecule has 0 unspecified atom stereocenters. The SMILES string of the molecule is CC(=O)Nc1cccc(CN=C(N)Nc2ccc(C)cc2)c1.I. The lowest BCUT2D eigenvalue weighted by Gasteiger charge is -2.07. The fourth-order valence-corrected chi connectivity index (χ4v) is 1.95. The number of benzene rings is 2. The zero-order valence-corrected chi connectivity index (χ0v) is 15.5. The van der Waals surface area contributed by atoms with Crippen LogP contribution in [0.1, 0.15) is 18.1 Å². The van der Waals surface area contributed by atoms with E-state index in [2.05, 4.69) is 15.6 Å². The van der Waals surface area contributed by atoms with Gasteiger partial charge in [-0.3, -0.25) is 4.79 Å². The van der Waals surface area contributed by atoms with Crippen LogP contribution in [0.25, 0.3) is 0 Å². The topological polar surface area (TPSA) is 79.5 Å². The first-order chi connectivity index (χ1) is 10.5. The van der Waals surface area contributed by atoms with Gasteiger partial charge in [0.25, 0.3) is 0 Å². The Balaban J connectivity index is 0.00000264. The molecule has 0 spiro atoms. The highest BCUT2D eigenvalue weighted by Gasteiger charge is 1.99. The molecular weight excluding hydrogens is 403 g/mol. The molecule has 6 heteroatoms. The van der Waals surface area contributed by atoms with Gasteiger partial charge in [0.15, 0.2) is 5.96 Å². The van der Waals surface area contributed by atoms with Gasteiger partial charge >= 0.3 is 0 Å². The zero-order chi connectivity index (χ0) is 15.9. The number of aliphatic imine (C=N–C) groups is 1. The average Bonchev–Trinajstić information content (AvgIpc) is 2.47. The molecule has 0 bridgehead atoms. The third-order valence-electron chi connectivity index (χ3n) is 3.00. The third kappa shape index (κ3) is 6.68. The first-order valence-corrected chi connectivity index (χ1v) is 7.03. The summed E-state index contributed by atoms with van der Waals surface area (Å²) in [6.45, 7) is 3.95. The lowest BCUT2D eigenvalue weighted by atomic mass is 10.2. The fourth-order valence-electron chi connectivity index (χ4n) is 1.95. The number of anilines is 2. The highest BCUT2D eigenvalue weighted by atomic mass is 127. The molecule has 0 atom stereocenters. The standard InChI is InChI=1S/C17H20N4O.HI/c1-12-6-8-15(9-7-12)21-17(18)19-11-14-4-3-5-16(10-14)20-13(2)22;/h3-10H,11H2,1-2H3,(H,20,22)(H3,18,19,21);1H. The van der Waals surface area contributed by atoms with Crippen LogP contribution in [0, 0.1) is 6.92 Å². The molecular formula is C17H21IN4O. The quantitative estimate of drug-likeness (QED) is 0.400. The van der Waals surface area contributed by atoms with Gasteiger partial charge in [0.2, 0.25) is 5.91 Å². The highest BCUT2D eigenvalue weighted by molar-refractivity contribution is 14.0.